The van der Waals surface area contributed by atoms with Crippen molar-refractivity contribution in [2.75, 3.05) is 6.54 Å². The van der Waals surface area contributed by atoms with E-state index in [1.807, 2.05) is 6.07 Å². The molecule has 0 radical (unpaired) electrons. The maximum Gasteiger partial charge on any atom is 0.251 e. The number of benzene rings is 2. The van der Waals surface area contributed by atoms with Gasteiger partial charge >= 0.3 is 0 Å². The Hall–Kier alpha value is -2.71. The van der Waals surface area contributed by atoms with Crippen LogP contribution in [-0.2, 0) is 21.4 Å². The van der Waals surface area contributed by atoms with Crippen LogP contribution in [-0.4, -0.2) is 32.3 Å². The molecule has 2 aromatic rings. The largest absolute Gasteiger partial charge is 0.352 e. The van der Waals surface area contributed by atoms with Crippen LogP contribution in [0.3, 0.4) is 0 Å². The predicted molar refractivity (Wildman–Crippen MR) is 112 cm³/mol. The van der Waals surface area contributed by atoms with Gasteiger partial charge in [0.05, 0.1) is 4.90 Å². The number of sulfonamides is 1. The molecule has 7 nitrogen and oxygen atoms in total. The van der Waals surface area contributed by atoms with Crippen molar-refractivity contribution in [2.45, 2.75) is 44.2 Å². The maximum atomic E-state index is 12.6. The Morgan fingerprint density at radius 1 is 0.897 bits per heavy atom. The van der Waals surface area contributed by atoms with Gasteiger partial charge in [-0.3, -0.25) is 9.59 Å². The summed E-state index contributed by atoms with van der Waals surface area (Å²) in [5.74, 6) is -0.530. The van der Waals surface area contributed by atoms with Gasteiger partial charge in [-0.1, -0.05) is 36.4 Å². The van der Waals surface area contributed by atoms with E-state index in [1.54, 1.807) is 63.2 Å². The molecule has 0 heterocycles. The first-order chi connectivity index (χ1) is 13.6. The molecule has 2 rings (SSSR count). The molecule has 0 fully saturated rings. The Balaban J connectivity index is 1.90. The summed E-state index contributed by atoms with van der Waals surface area (Å²) in [5, 5.41) is 5.39. The SMILES string of the molecule is CC(C)(C)NS(=O)(=O)c1ccccc1CNC(=O)CCNC(=O)c1ccccc1. The first-order valence-electron chi connectivity index (χ1n) is 9.30. The number of carbonyl (C=O) groups excluding carboxylic acids is 2. The van der Waals surface area contributed by atoms with Gasteiger partial charge in [0, 0.05) is 30.6 Å². The summed E-state index contributed by atoms with van der Waals surface area (Å²) in [5.41, 5.74) is 0.399. The Morgan fingerprint density at radius 2 is 1.52 bits per heavy atom. The van der Waals surface area contributed by atoms with Gasteiger partial charge in [0.25, 0.3) is 5.91 Å². The first-order valence-corrected chi connectivity index (χ1v) is 10.8. The van der Waals surface area contributed by atoms with Gasteiger partial charge < -0.3 is 10.6 Å². The second-order valence-electron chi connectivity index (χ2n) is 7.61. The van der Waals surface area contributed by atoms with Gasteiger partial charge in [-0.15, -0.1) is 0 Å². The molecule has 0 bridgehead atoms. The molecule has 0 spiro atoms. The van der Waals surface area contributed by atoms with Crippen molar-refractivity contribution < 1.29 is 18.0 Å². The van der Waals surface area contributed by atoms with Crippen LogP contribution in [0.1, 0.15) is 43.1 Å². The highest BCUT2D eigenvalue weighted by molar-refractivity contribution is 7.89. The standard InChI is InChI=1S/C21H27N3O4S/c1-21(2,3)24-29(27,28)18-12-8-7-11-17(18)15-23-19(25)13-14-22-20(26)16-9-5-4-6-10-16/h4-12,24H,13-15H2,1-3H3,(H,22,26)(H,23,25). The Kier molecular flexibility index (Phi) is 7.53. The topological polar surface area (TPSA) is 104 Å². The van der Waals surface area contributed by atoms with Crippen molar-refractivity contribution >= 4 is 21.8 Å². The Morgan fingerprint density at radius 3 is 2.17 bits per heavy atom. The molecule has 0 aliphatic carbocycles. The zero-order valence-corrected chi connectivity index (χ0v) is 17.7. The summed E-state index contributed by atoms with van der Waals surface area (Å²) in [6.45, 7) is 5.55. The van der Waals surface area contributed by atoms with Crippen molar-refractivity contribution in [2.24, 2.45) is 0 Å². The highest BCUT2D eigenvalue weighted by atomic mass is 32.2. The lowest BCUT2D eigenvalue weighted by Gasteiger charge is -2.21. The monoisotopic (exact) mass is 417 g/mol. The van der Waals surface area contributed by atoms with Crippen LogP contribution in [0.4, 0.5) is 0 Å². The second kappa shape index (κ2) is 9.67. The summed E-state index contributed by atoms with van der Waals surface area (Å²) in [7, 11) is -3.71. The number of amides is 2. The van der Waals surface area contributed by atoms with Gasteiger partial charge in [0.15, 0.2) is 0 Å². The van der Waals surface area contributed by atoms with Gasteiger partial charge in [-0.25, -0.2) is 13.1 Å². The third-order valence-electron chi connectivity index (χ3n) is 3.85. The van der Waals surface area contributed by atoms with E-state index in [1.165, 1.54) is 6.07 Å². The van der Waals surface area contributed by atoms with Crippen LogP contribution in [0.25, 0.3) is 0 Å². The zero-order chi connectivity index (χ0) is 21.5. The average molecular weight is 418 g/mol. The molecule has 2 amide bonds. The van der Waals surface area contributed by atoms with Gasteiger partial charge in [-0.05, 0) is 44.5 Å². The minimum atomic E-state index is -3.71. The maximum absolute atomic E-state index is 12.6. The van der Waals surface area contributed by atoms with Crippen molar-refractivity contribution in [3.05, 3.63) is 65.7 Å². The molecule has 156 valence electrons. The molecular weight excluding hydrogens is 390 g/mol. The molecule has 0 aliphatic heterocycles. The van der Waals surface area contributed by atoms with E-state index in [9.17, 15) is 18.0 Å². The van der Waals surface area contributed by atoms with Crippen molar-refractivity contribution in [3.63, 3.8) is 0 Å². The Bertz CT molecular complexity index is 951. The number of nitrogens with one attached hydrogen (secondary N) is 3. The van der Waals surface area contributed by atoms with E-state index in [0.717, 1.165) is 0 Å². The summed E-state index contributed by atoms with van der Waals surface area (Å²) in [4.78, 5) is 24.2. The number of hydrogen-bond donors (Lipinski definition) is 3. The van der Waals surface area contributed by atoms with Crippen molar-refractivity contribution in [1.82, 2.24) is 15.4 Å². The van der Waals surface area contributed by atoms with Crippen LogP contribution >= 0.6 is 0 Å². The molecule has 8 heteroatoms. The molecule has 0 atom stereocenters. The molecule has 0 saturated carbocycles. The average Bonchev–Trinajstić information content (AvgIpc) is 2.65. The zero-order valence-electron chi connectivity index (χ0n) is 16.9. The molecule has 29 heavy (non-hydrogen) atoms. The smallest absolute Gasteiger partial charge is 0.251 e. The molecule has 0 unspecified atom stereocenters. The third kappa shape index (κ3) is 7.32. The van der Waals surface area contributed by atoms with Crippen LogP contribution < -0.4 is 15.4 Å². The summed E-state index contributed by atoms with van der Waals surface area (Å²) in [6.07, 6.45) is 0.0910. The molecule has 0 aliphatic rings. The lowest BCUT2D eigenvalue weighted by atomic mass is 10.1. The van der Waals surface area contributed by atoms with Crippen LogP contribution in [0.5, 0.6) is 0 Å². The van der Waals surface area contributed by atoms with E-state index in [-0.39, 0.29) is 36.2 Å². The van der Waals surface area contributed by atoms with E-state index in [0.29, 0.717) is 11.1 Å². The van der Waals surface area contributed by atoms with Crippen LogP contribution in [0.15, 0.2) is 59.5 Å². The minimum Gasteiger partial charge on any atom is -0.352 e. The first kappa shape index (κ1) is 22.6. The highest BCUT2D eigenvalue weighted by Gasteiger charge is 2.24. The van der Waals surface area contributed by atoms with Gasteiger partial charge in [0.2, 0.25) is 15.9 Å². The van der Waals surface area contributed by atoms with E-state index >= 15 is 0 Å². The highest BCUT2D eigenvalue weighted by Crippen LogP contribution is 2.17. The Labute approximate surface area is 172 Å². The minimum absolute atomic E-state index is 0.0761. The van der Waals surface area contributed by atoms with Crippen LogP contribution in [0.2, 0.25) is 0 Å². The summed E-state index contributed by atoms with van der Waals surface area (Å²) >= 11 is 0. The van der Waals surface area contributed by atoms with Gasteiger partial charge in [-0.2, -0.15) is 0 Å². The number of hydrogen-bond acceptors (Lipinski definition) is 4. The third-order valence-corrected chi connectivity index (χ3v) is 5.71. The van der Waals surface area contributed by atoms with Crippen molar-refractivity contribution in [1.29, 1.82) is 0 Å². The number of rotatable bonds is 8. The predicted octanol–water partition coefficient (Wildman–Crippen LogP) is 2.20. The fraction of sp³-hybridized carbons (Fsp3) is 0.333. The fourth-order valence-electron chi connectivity index (χ4n) is 2.63. The van der Waals surface area contributed by atoms with Crippen LogP contribution in [0, 0.1) is 0 Å². The van der Waals surface area contributed by atoms with E-state index < -0.39 is 15.6 Å². The molecular formula is C21H27N3O4S. The molecule has 0 saturated heterocycles. The molecule has 0 aromatic heterocycles. The van der Waals surface area contributed by atoms with E-state index in [2.05, 4.69) is 15.4 Å². The van der Waals surface area contributed by atoms with E-state index in [4.69, 9.17) is 0 Å². The van der Waals surface area contributed by atoms with Crippen molar-refractivity contribution in [3.8, 4) is 0 Å². The lowest BCUT2D eigenvalue weighted by molar-refractivity contribution is -0.121. The summed E-state index contributed by atoms with van der Waals surface area (Å²) < 4.78 is 27.9. The molecule has 2 aromatic carbocycles. The number of carbonyl (C=O) groups is 2. The quantitative estimate of drug-likeness (QED) is 0.612. The van der Waals surface area contributed by atoms with Gasteiger partial charge in [0.1, 0.15) is 0 Å². The summed E-state index contributed by atoms with van der Waals surface area (Å²) in [6, 6.07) is 15.3. The second-order valence-corrected chi connectivity index (χ2v) is 9.26. The normalized spacial score (nSPS) is 11.7. The lowest BCUT2D eigenvalue weighted by Crippen LogP contribution is -2.41. The fourth-order valence-corrected chi connectivity index (χ4v) is 4.29. The molecule has 3 N–H and O–H groups in total.